The maximum absolute atomic E-state index is 14.8. The second-order valence-corrected chi connectivity index (χ2v) is 13.6. The van der Waals surface area contributed by atoms with Crippen LogP contribution in [-0.2, 0) is 36.6 Å². The molecule has 6 rings (SSSR count). The van der Waals surface area contributed by atoms with Gasteiger partial charge >= 0.3 is 6.09 Å². The molecule has 0 radical (unpaired) electrons. The molecule has 258 valence electrons. The van der Waals surface area contributed by atoms with E-state index in [-0.39, 0.29) is 50.5 Å². The van der Waals surface area contributed by atoms with Gasteiger partial charge in [-0.25, -0.2) is 4.79 Å². The summed E-state index contributed by atoms with van der Waals surface area (Å²) in [6.45, 7) is 11.5. The summed E-state index contributed by atoms with van der Waals surface area (Å²) in [5.41, 5.74) is 1.93. The maximum Gasteiger partial charge on any atom is 0.414 e. The van der Waals surface area contributed by atoms with Crippen LogP contribution in [0.4, 0.5) is 16.2 Å². The third kappa shape index (κ3) is 5.97. The summed E-state index contributed by atoms with van der Waals surface area (Å²) in [5.74, 6) is -0.377. The van der Waals surface area contributed by atoms with Crippen molar-refractivity contribution in [3.63, 3.8) is 0 Å². The lowest BCUT2D eigenvalue weighted by Crippen LogP contribution is -2.46. The molecule has 2 saturated heterocycles. The zero-order chi connectivity index (χ0) is 34.9. The minimum Gasteiger partial charge on any atom is -0.497 e. The third-order valence-electron chi connectivity index (χ3n) is 10.5. The number of hydrogen-bond acceptors (Lipinski definition) is 7. The van der Waals surface area contributed by atoms with Crippen LogP contribution in [0.25, 0.3) is 0 Å². The number of cyclic esters (lactones) is 1. The molecule has 3 aliphatic rings. The second-order valence-electron chi connectivity index (χ2n) is 13.6. The fourth-order valence-electron chi connectivity index (χ4n) is 8.13. The number of hydrogen-bond donors (Lipinski definition) is 1. The maximum atomic E-state index is 14.8. The number of nitrogens with zero attached hydrogens (tertiary/aromatic N) is 3. The lowest BCUT2D eigenvalue weighted by Gasteiger charge is -2.39. The number of carbonyl (C=O) groups is 3. The Labute approximate surface area is 287 Å². The first-order valence-electron chi connectivity index (χ1n) is 16.8. The Morgan fingerprint density at radius 3 is 2.49 bits per heavy atom. The van der Waals surface area contributed by atoms with Gasteiger partial charge < -0.3 is 29.1 Å². The van der Waals surface area contributed by atoms with Crippen molar-refractivity contribution >= 4 is 29.3 Å². The van der Waals surface area contributed by atoms with Gasteiger partial charge in [-0.1, -0.05) is 69.3 Å². The van der Waals surface area contributed by atoms with E-state index in [1.807, 2.05) is 79.7 Å². The highest BCUT2D eigenvalue weighted by atomic mass is 16.6. The van der Waals surface area contributed by atoms with E-state index in [2.05, 4.69) is 20.4 Å². The van der Waals surface area contributed by atoms with Gasteiger partial charge in [0.25, 0.3) is 5.91 Å². The van der Waals surface area contributed by atoms with Crippen LogP contribution in [0.1, 0.15) is 43.9 Å². The second kappa shape index (κ2) is 13.7. The Morgan fingerprint density at radius 1 is 1.12 bits per heavy atom. The molecular weight excluding hydrogens is 622 g/mol. The summed E-state index contributed by atoms with van der Waals surface area (Å²) in [5, 5.41) is 9.93. The van der Waals surface area contributed by atoms with Crippen molar-refractivity contribution in [1.82, 2.24) is 4.90 Å². The van der Waals surface area contributed by atoms with Gasteiger partial charge in [-0.2, -0.15) is 0 Å². The molecular formula is C39H45N3O7. The molecule has 2 fully saturated rings. The number of aliphatic hydroxyl groups excluding tert-OH is 1. The summed E-state index contributed by atoms with van der Waals surface area (Å²) in [4.78, 5) is 46.5. The van der Waals surface area contributed by atoms with Crippen molar-refractivity contribution in [2.75, 3.05) is 49.8 Å². The lowest BCUT2D eigenvalue weighted by atomic mass is 9.63. The zero-order valence-corrected chi connectivity index (χ0v) is 28.6. The van der Waals surface area contributed by atoms with Crippen LogP contribution in [-0.4, -0.2) is 74.0 Å². The quantitative estimate of drug-likeness (QED) is 0.257. The Bertz CT molecular complexity index is 1710. The van der Waals surface area contributed by atoms with Crippen LogP contribution in [0, 0.1) is 11.8 Å². The molecule has 0 unspecified atom stereocenters. The molecule has 3 aromatic carbocycles. The number of fused-ring (bicyclic) bond motifs is 2. The van der Waals surface area contributed by atoms with Crippen LogP contribution in [0.5, 0.6) is 5.75 Å². The molecule has 0 aromatic heterocycles. The Kier molecular flexibility index (Phi) is 9.55. The number of rotatable bonds is 12. The van der Waals surface area contributed by atoms with E-state index in [1.54, 1.807) is 27.9 Å². The molecule has 3 aromatic rings. The fraction of sp³-hybridized carbons (Fsp3) is 0.410. The first kappa shape index (κ1) is 34.2. The highest BCUT2D eigenvalue weighted by Gasteiger charge is 2.66. The highest BCUT2D eigenvalue weighted by Crippen LogP contribution is 2.60. The zero-order valence-electron chi connectivity index (χ0n) is 28.6. The van der Waals surface area contributed by atoms with E-state index in [9.17, 15) is 19.5 Å². The number of amides is 3. The number of benzene rings is 3. The van der Waals surface area contributed by atoms with Gasteiger partial charge in [0.05, 0.1) is 38.5 Å². The number of methoxy groups -OCH3 is 1. The molecule has 0 bridgehead atoms. The first-order chi connectivity index (χ1) is 23.6. The Morgan fingerprint density at radius 2 is 1.86 bits per heavy atom. The van der Waals surface area contributed by atoms with Crippen LogP contribution < -0.4 is 14.5 Å². The third-order valence-corrected chi connectivity index (χ3v) is 10.5. The lowest BCUT2D eigenvalue weighted by molar-refractivity contribution is -0.150. The highest BCUT2D eigenvalue weighted by molar-refractivity contribution is 6.08. The van der Waals surface area contributed by atoms with Gasteiger partial charge in [0.1, 0.15) is 12.4 Å². The van der Waals surface area contributed by atoms with E-state index in [0.29, 0.717) is 30.0 Å². The van der Waals surface area contributed by atoms with E-state index < -0.39 is 29.1 Å². The van der Waals surface area contributed by atoms with Crippen molar-refractivity contribution in [3.05, 3.63) is 102 Å². The van der Waals surface area contributed by atoms with E-state index >= 15 is 0 Å². The largest absolute Gasteiger partial charge is 0.497 e. The monoisotopic (exact) mass is 667 g/mol. The topological polar surface area (TPSA) is 109 Å². The van der Waals surface area contributed by atoms with Crippen LogP contribution in [0.2, 0.25) is 0 Å². The summed E-state index contributed by atoms with van der Waals surface area (Å²) >= 11 is 0. The molecule has 10 heteroatoms. The SMILES string of the molecule is C=CCN1C(=O)[C@]2(O[C@H](CC(=O)N(CCO)Cc3ccccc3)[C@@H](C(C)(C)c3ccc(OC)cc3)[C@@H]2C)c2cc(N3CCOC3=O)ccc21. The van der Waals surface area contributed by atoms with Crippen molar-refractivity contribution in [2.45, 2.75) is 50.9 Å². The van der Waals surface area contributed by atoms with Gasteiger partial charge in [-0.3, -0.25) is 14.5 Å². The summed E-state index contributed by atoms with van der Waals surface area (Å²) in [6, 6.07) is 23.1. The van der Waals surface area contributed by atoms with E-state index in [4.69, 9.17) is 14.2 Å². The average molecular weight is 668 g/mol. The van der Waals surface area contributed by atoms with Gasteiger partial charge in [0.15, 0.2) is 5.60 Å². The van der Waals surface area contributed by atoms with Gasteiger partial charge in [-0.05, 0) is 46.9 Å². The van der Waals surface area contributed by atoms with Gasteiger partial charge in [0.2, 0.25) is 5.91 Å². The summed E-state index contributed by atoms with van der Waals surface area (Å²) < 4.78 is 17.8. The number of carbonyl (C=O) groups excluding carboxylic acids is 3. The normalized spacial score (nSPS) is 23.2. The van der Waals surface area contributed by atoms with Crippen molar-refractivity contribution in [3.8, 4) is 5.75 Å². The van der Waals surface area contributed by atoms with Crippen LogP contribution >= 0.6 is 0 Å². The van der Waals surface area contributed by atoms with Gasteiger partial charge in [0, 0.05) is 42.7 Å². The number of anilines is 2. The number of ether oxygens (including phenoxy) is 3. The first-order valence-corrected chi connectivity index (χ1v) is 16.8. The van der Waals surface area contributed by atoms with Crippen molar-refractivity contribution in [2.24, 2.45) is 11.8 Å². The fourth-order valence-corrected chi connectivity index (χ4v) is 8.13. The molecule has 10 nitrogen and oxygen atoms in total. The van der Waals surface area contributed by atoms with E-state index in [1.165, 1.54) is 0 Å². The molecule has 1 N–H and O–H groups in total. The van der Waals surface area contributed by atoms with Crippen molar-refractivity contribution < 1.29 is 33.7 Å². The Hall–Kier alpha value is -4.67. The molecule has 3 amide bonds. The van der Waals surface area contributed by atoms with E-state index in [0.717, 1.165) is 16.9 Å². The van der Waals surface area contributed by atoms with Crippen molar-refractivity contribution in [1.29, 1.82) is 0 Å². The van der Waals surface area contributed by atoms with Gasteiger partial charge in [-0.15, -0.1) is 6.58 Å². The minimum atomic E-state index is -1.43. The molecule has 3 heterocycles. The van der Waals surface area contributed by atoms with Crippen LogP contribution in [0.15, 0.2) is 85.5 Å². The smallest absolute Gasteiger partial charge is 0.414 e. The molecule has 0 aliphatic carbocycles. The minimum absolute atomic E-state index is 0.00535. The molecule has 0 saturated carbocycles. The molecule has 1 spiro atoms. The molecule has 49 heavy (non-hydrogen) atoms. The average Bonchev–Trinajstić information content (AvgIpc) is 3.73. The predicted octanol–water partition coefficient (Wildman–Crippen LogP) is 5.42. The summed E-state index contributed by atoms with van der Waals surface area (Å²) in [6.07, 6.45) is 0.580. The molecule has 4 atom stereocenters. The summed E-state index contributed by atoms with van der Waals surface area (Å²) in [7, 11) is 1.63. The predicted molar refractivity (Wildman–Crippen MR) is 186 cm³/mol. The number of aliphatic hydroxyl groups is 1. The standard InChI is InChI=1S/C39H45N3O7/c1-6-18-42-32-17-14-29(41-20-22-48-37(41)46)23-31(32)39(36(42)45)26(2)35(38(3,4)28-12-15-30(47-5)16-13-28)33(49-39)24-34(44)40(19-21-43)25-27-10-8-7-9-11-27/h6-17,23,26,33,35,43H,1,18-22,24-25H2,2-5H3/t26-,33+,35-,39+/m0/s1. The Balaban J connectivity index is 1.45. The van der Waals surface area contributed by atoms with Crippen LogP contribution in [0.3, 0.4) is 0 Å². The molecule has 3 aliphatic heterocycles.